The van der Waals surface area contributed by atoms with Crippen LogP contribution in [0.1, 0.15) is 18.7 Å². The molecule has 17 heavy (non-hydrogen) atoms. The van der Waals surface area contributed by atoms with Crippen molar-refractivity contribution in [2.75, 3.05) is 0 Å². The second-order valence-corrected chi connectivity index (χ2v) is 4.90. The number of ether oxygens (including phenoxy) is 1. The Kier molecular flexibility index (Phi) is 3.96. The van der Waals surface area contributed by atoms with E-state index >= 15 is 0 Å². The van der Waals surface area contributed by atoms with Gasteiger partial charge in [-0.05, 0) is 59.8 Å². The van der Waals surface area contributed by atoms with Crippen LogP contribution in [0.2, 0.25) is 0 Å². The number of rotatable bonds is 3. The lowest BCUT2D eigenvalue weighted by Crippen LogP contribution is -1.95. The van der Waals surface area contributed by atoms with E-state index in [9.17, 15) is 5.11 Å². The highest BCUT2D eigenvalue weighted by atomic mass is 127. The molecule has 1 aromatic heterocycles. The fourth-order valence-corrected chi connectivity index (χ4v) is 1.88. The predicted octanol–water partition coefficient (Wildman–Crippen LogP) is 3.53. The number of nitrogens with zero attached hydrogens (tertiary/aromatic N) is 1. The zero-order chi connectivity index (χ0) is 12.3. The lowest BCUT2D eigenvalue weighted by molar-refractivity contribution is 0.194. The fourth-order valence-electron chi connectivity index (χ4n) is 1.37. The van der Waals surface area contributed by atoms with Crippen molar-refractivity contribution in [1.29, 1.82) is 0 Å². The van der Waals surface area contributed by atoms with Gasteiger partial charge in [0.05, 0.1) is 18.0 Å². The minimum absolute atomic E-state index is 0.554. The summed E-state index contributed by atoms with van der Waals surface area (Å²) < 4.78 is 6.76. The van der Waals surface area contributed by atoms with Crippen LogP contribution in [0.15, 0.2) is 42.6 Å². The third-order valence-electron chi connectivity index (χ3n) is 2.22. The minimum Gasteiger partial charge on any atom is -0.456 e. The van der Waals surface area contributed by atoms with E-state index in [0.29, 0.717) is 11.4 Å². The Morgan fingerprint density at radius 1 is 1.24 bits per heavy atom. The summed E-state index contributed by atoms with van der Waals surface area (Å²) in [6.07, 6.45) is 1.06. The average Bonchev–Trinajstić information content (AvgIpc) is 2.29. The molecule has 0 radical (unpaired) electrons. The van der Waals surface area contributed by atoms with Crippen LogP contribution in [-0.2, 0) is 0 Å². The highest BCUT2D eigenvalue weighted by Crippen LogP contribution is 2.23. The number of benzene rings is 1. The summed E-state index contributed by atoms with van der Waals surface area (Å²) in [6.45, 7) is 1.68. The molecule has 0 aliphatic heterocycles. The third kappa shape index (κ3) is 3.41. The molecule has 0 saturated carbocycles. The van der Waals surface area contributed by atoms with Gasteiger partial charge in [-0.15, -0.1) is 0 Å². The molecule has 2 rings (SSSR count). The van der Waals surface area contributed by atoms with E-state index in [0.717, 1.165) is 9.32 Å². The van der Waals surface area contributed by atoms with Crippen molar-refractivity contribution >= 4 is 22.6 Å². The van der Waals surface area contributed by atoms with Gasteiger partial charge < -0.3 is 9.84 Å². The van der Waals surface area contributed by atoms with E-state index in [4.69, 9.17) is 4.74 Å². The monoisotopic (exact) mass is 341 g/mol. The molecule has 0 amide bonds. The van der Waals surface area contributed by atoms with Gasteiger partial charge in [-0.3, -0.25) is 4.98 Å². The Labute approximate surface area is 114 Å². The Bertz CT molecular complexity index is 497. The highest BCUT2D eigenvalue weighted by molar-refractivity contribution is 14.1. The number of hydrogen-bond acceptors (Lipinski definition) is 3. The van der Waals surface area contributed by atoms with Crippen LogP contribution in [-0.4, -0.2) is 10.1 Å². The Morgan fingerprint density at radius 2 is 2.06 bits per heavy atom. The molecular formula is C13H12INO2. The van der Waals surface area contributed by atoms with Gasteiger partial charge in [0.1, 0.15) is 11.5 Å². The zero-order valence-corrected chi connectivity index (χ0v) is 11.5. The molecule has 1 atom stereocenters. The number of aromatic nitrogens is 1. The van der Waals surface area contributed by atoms with Crippen LogP contribution in [0.4, 0.5) is 0 Å². The van der Waals surface area contributed by atoms with Crippen molar-refractivity contribution in [3.63, 3.8) is 0 Å². The van der Waals surface area contributed by atoms with Gasteiger partial charge in [-0.25, -0.2) is 0 Å². The molecule has 1 N–H and O–H groups in total. The van der Waals surface area contributed by atoms with E-state index in [2.05, 4.69) is 27.6 Å². The molecule has 0 spiro atoms. The average molecular weight is 341 g/mol. The van der Waals surface area contributed by atoms with Gasteiger partial charge in [0, 0.05) is 3.57 Å². The molecule has 0 saturated heterocycles. The Hall–Kier alpha value is -1.14. The normalized spacial score (nSPS) is 12.2. The number of halogens is 1. The number of pyridine rings is 1. The maximum absolute atomic E-state index is 9.34. The summed E-state index contributed by atoms with van der Waals surface area (Å²) in [5, 5.41) is 9.34. The van der Waals surface area contributed by atoms with Crippen molar-refractivity contribution in [2.24, 2.45) is 0 Å². The molecule has 2 aromatic rings. The molecule has 0 unspecified atom stereocenters. The largest absolute Gasteiger partial charge is 0.456 e. The molecule has 0 aliphatic carbocycles. The zero-order valence-electron chi connectivity index (χ0n) is 9.30. The molecule has 0 bridgehead atoms. The van der Waals surface area contributed by atoms with Crippen LogP contribution in [0.3, 0.4) is 0 Å². The molecule has 0 aliphatic rings. The van der Waals surface area contributed by atoms with Crippen molar-refractivity contribution < 1.29 is 9.84 Å². The van der Waals surface area contributed by atoms with Crippen molar-refractivity contribution in [1.82, 2.24) is 4.98 Å². The van der Waals surface area contributed by atoms with Crippen LogP contribution < -0.4 is 4.74 Å². The van der Waals surface area contributed by atoms with Gasteiger partial charge >= 0.3 is 0 Å². The molecule has 88 valence electrons. The van der Waals surface area contributed by atoms with E-state index < -0.39 is 6.10 Å². The predicted molar refractivity (Wildman–Crippen MR) is 74.1 cm³/mol. The van der Waals surface area contributed by atoms with Crippen LogP contribution in [0.5, 0.6) is 11.5 Å². The standard InChI is InChI=1S/C13H12INO2/c1-9(16)13-6-5-12(8-15-13)17-11-4-2-3-10(14)7-11/h2-9,16H,1H3/t9-/m0/s1. The number of aliphatic hydroxyl groups is 1. The first-order valence-corrected chi connectivity index (χ1v) is 6.30. The summed E-state index contributed by atoms with van der Waals surface area (Å²) in [6, 6.07) is 11.3. The molecule has 1 heterocycles. The van der Waals surface area contributed by atoms with Gasteiger partial charge in [0.15, 0.2) is 0 Å². The summed E-state index contributed by atoms with van der Waals surface area (Å²) in [4.78, 5) is 4.12. The maximum Gasteiger partial charge on any atom is 0.145 e. The summed E-state index contributed by atoms with van der Waals surface area (Å²) in [5.74, 6) is 1.44. The lowest BCUT2D eigenvalue weighted by Gasteiger charge is -2.07. The van der Waals surface area contributed by atoms with Crippen molar-refractivity contribution in [2.45, 2.75) is 13.0 Å². The third-order valence-corrected chi connectivity index (χ3v) is 2.89. The van der Waals surface area contributed by atoms with E-state index in [-0.39, 0.29) is 0 Å². The first kappa shape index (κ1) is 12.3. The molecule has 4 heteroatoms. The van der Waals surface area contributed by atoms with Crippen LogP contribution in [0.25, 0.3) is 0 Å². The van der Waals surface area contributed by atoms with Crippen LogP contribution >= 0.6 is 22.6 Å². The summed E-state index contributed by atoms with van der Waals surface area (Å²) in [7, 11) is 0. The second-order valence-electron chi connectivity index (χ2n) is 3.65. The SMILES string of the molecule is C[C@H](O)c1ccc(Oc2cccc(I)c2)cn1. The van der Waals surface area contributed by atoms with Crippen molar-refractivity contribution in [3.8, 4) is 11.5 Å². The van der Waals surface area contributed by atoms with Gasteiger partial charge in [0.25, 0.3) is 0 Å². The molecular weight excluding hydrogens is 329 g/mol. The first-order chi connectivity index (χ1) is 8.15. The van der Waals surface area contributed by atoms with E-state index in [1.807, 2.05) is 24.3 Å². The second kappa shape index (κ2) is 5.46. The maximum atomic E-state index is 9.34. The van der Waals surface area contributed by atoms with E-state index in [1.165, 1.54) is 0 Å². The van der Waals surface area contributed by atoms with Gasteiger partial charge in [0.2, 0.25) is 0 Å². The fraction of sp³-hybridized carbons (Fsp3) is 0.154. The molecule has 1 aromatic carbocycles. The van der Waals surface area contributed by atoms with Crippen molar-refractivity contribution in [3.05, 3.63) is 51.9 Å². The molecule has 0 fully saturated rings. The number of hydrogen-bond donors (Lipinski definition) is 1. The summed E-state index contributed by atoms with van der Waals surface area (Å²) >= 11 is 2.23. The lowest BCUT2D eigenvalue weighted by atomic mass is 10.2. The van der Waals surface area contributed by atoms with E-state index in [1.54, 1.807) is 25.3 Å². The Balaban J connectivity index is 2.14. The Morgan fingerprint density at radius 3 is 2.65 bits per heavy atom. The summed E-state index contributed by atoms with van der Waals surface area (Å²) in [5.41, 5.74) is 0.639. The number of aliphatic hydroxyl groups excluding tert-OH is 1. The first-order valence-electron chi connectivity index (χ1n) is 5.22. The highest BCUT2D eigenvalue weighted by Gasteiger charge is 2.03. The van der Waals surface area contributed by atoms with Crippen LogP contribution in [0, 0.1) is 3.57 Å². The quantitative estimate of drug-likeness (QED) is 0.869. The minimum atomic E-state index is -0.554. The topological polar surface area (TPSA) is 42.4 Å². The smallest absolute Gasteiger partial charge is 0.145 e. The van der Waals surface area contributed by atoms with Gasteiger partial charge in [-0.1, -0.05) is 6.07 Å². The van der Waals surface area contributed by atoms with Gasteiger partial charge in [-0.2, -0.15) is 0 Å². The molecule has 3 nitrogen and oxygen atoms in total.